The fraction of sp³-hybridized carbons (Fsp3) is 0.650. The number of hydrogen-bond acceptors (Lipinski definition) is 5. The quantitative estimate of drug-likeness (QED) is 0.770. The average molecular weight is 411 g/mol. The molecule has 1 aromatic carbocycles. The van der Waals surface area contributed by atoms with Gasteiger partial charge in [0, 0.05) is 26.2 Å². The second kappa shape index (κ2) is 8.80. The van der Waals surface area contributed by atoms with Gasteiger partial charge in [-0.3, -0.25) is 4.79 Å². The predicted octanol–water partition coefficient (Wildman–Crippen LogP) is 1.57. The number of amides is 1. The van der Waals surface area contributed by atoms with Gasteiger partial charge in [0.2, 0.25) is 15.9 Å². The zero-order valence-electron chi connectivity index (χ0n) is 16.6. The van der Waals surface area contributed by atoms with Crippen LogP contribution in [0.25, 0.3) is 0 Å². The van der Waals surface area contributed by atoms with E-state index in [4.69, 9.17) is 9.47 Å². The maximum absolute atomic E-state index is 12.6. The maximum Gasteiger partial charge on any atom is 0.226 e. The number of nitrogens with zero attached hydrogens (tertiary/aromatic N) is 1. The molecule has 0 radical (unpaired) electrons. The van der Waals surface area contributed by atoms with Crippen LogP contribution in [0, 0.1) is 5.92 Å². The van der Waals surface area contributed by atoms with Crippen LogP contribution in [0.2, 0.25) is 0 Å². The van der Waals surface area contributed by atoms with Gasteiger partial charge >= 0.3 is 0 Å². The molecule has 1 amide bonds. The molecule has 2 heterocycles. The lowest BCUT2D eigenvalue weighted by Crippen LogP contribution is -2.52. The van der Waals surface area contributed by atoms with Gasteiger partial charge in [-0.15, -0.1) is 0 Å². The fourth-order valence-corrected chi connectivity index (χ4v) is 4.65. The van der Waals surface area contributed by atoms with Gasteiger partial charge in [-0.05, 0) is 49.3 Å². The van der Waals surface area contributed by atoms with Crippen molar-refractivity contribution in [1.82, 2.24) is 9.62 Å². The van der Waals surface area contributed by atoms with Crippen LogP contribution in [0.1, 0.15) is 31.2 Å². The molecular weight excluding hydrogens is 380 g/mol. The van der Waals surface area contributed by atoms with Crippen molar-refractivity contribution >= 4 is 15.9 Å². The molecule has 1 atom stereocenters. The number of hydrogen-bond donors (Lipinski definition) is 1. The Kier molecular flexibility index (Phi) is 6.62. The number of carbonyl (C=O) groups excluding carboxylic acids is 1. The van der Waals surface area contributed by atoms with Crippen LogP contribution in [-0.4, -0.2) is 64.4 Å². The van der Waals surface area contributed by atoms with E-state index in [1.807, 2.05) is 29.2 Å². The smallest absolute Gasteiger partial charge is 0.226 e. The van der Waals surface area contributed by atoms with Crippen molar-refractivity contribution in [3.63, 3.8) is 0 Å². The van der Waals surface area contributed by atoms with Crippen LogP contribution in [0.5, 0.6) is 5.75 Å². The standard InChI is InChI=1S/C20H30N2O5S/c1-26-18-5-3-16(4-6-18)13-19(23)22-10-8-20(9-11-22)14-17(7-12-27-20)15-21-28(2,24)25/h3-6,17,21H,7-15H2,1-2H3/t17-/m0/s1. The molecule has 0 bridgehead atoms. The molecule has 8 heteroatoms. The summed E-state index contributed by atoms with van der Waals surface area (Å²) >= 11 is 0. The highest BCUT2D eigenvalue weighted by Crippen LogP contribution is 2.37. The number of methoxy groups -OCH3 is 1. The topological polar surface area (TPSA) is 84.9 Å². The van der Waals surface area contributed by atoms with Gasteiger partial charge < -0.3 is 14.4 Å². The molecule has 1 aromatic rings. The van der Waals surface area contributed by atoms with Gasteiger partial charge in [0.25, 0.3) is 0 Å². The van der Waals surface area contributed by atoms with Crippen LogP contribution in [0.3, 0.4) is 0 Å². The first kappa shape index (κ1) is 21.1. The van der Waals surface area contributed by atoms with Gasteiger partial charge in [0.1, 0.15) is 5.75 Å². The monoisotopic (exact) mass is 410 g/mol. The molecule has 7 nitrogen and oxygen atoms in total. The van der Waals surface area contributed by atoms with Gasteiger partial charge in [-0.1, -0.05) is 12.1 Å². The molecule has 0 aliphatic carbocycles. The minimum absolute atomic E-state index is 0.131. The van der Waals surface area contributed by atoms with Crippen molar-refractivity contribution in [3.8, 4) is 5.75 Å². The van der Waals surface area contributed by atoms with Crippen LogP contribution < -0.4 is 9.46 Å². The van der Waals surface area contributed by atoms with E-state index >= 15 is 0 Å². The number of carbonyl (C=O) groups is 1. The number of ether oxygens (including phenoxy) is 2. The number of rotatable bonds is 6. The first-order valence-electron chi connectivity index (χ1n) is 9.78. The summed E-state index contributed by atoms with van der Waals surface area (Å²) in [6.45, 7) is 2.47. The highest BCUT2D eigenvalue weighted by atomic mass is 32.2. The zero-order valence-corrected chi connectivity index (χ0v) is 17.5. The second-order valence-electron chi connectivity index (χ2n) is 7.92. The molecule has 1 N–H and O–H groups in total. The molecule has 2 aliphatic rings. The van der Waals surface area contributed by atoms with Crippen molar-refractivity contribution in [2.24, 2.45) is 5.92 Å². The number of benzene rings is 1. The molecule has 28 heavy (non-hydrogen) atoms. The molecule has 156 valence electrons. The van der Waals surface area contributed by atoms with Crippen LogP contribution in [0.15, 0.2) is 24.3 Å². The van der Waals surface area contributed by atoms with Gasteiger partial charge in [-0.2, -0.15) is 0 Å². The Hall–Kier alpha value is -1.64. The molecule has 1 spiro atoms. The molecular formula is C20H30N2O5S. The third kappa shape index (κ3) is 5.68. The summed E-state index contributed by atoms with van der Waals surface area (Å²) in [7, 11) is -1.55. The summed E-state index contributed by atoms with van der Waals surface area (Å²) in [6.07, 6.45) is 4.89. The number of likely N-dealkylation sites (tertiary alicyclic amines) is 1. The van der Waals surface area contributed by atoms with E-state index in [9.17, 15) is 13.2 Å². The summed E-state index contributed by atoms with van der Waals surface area (Å²) in [6, 6.07) is 7.58. The van der Waals surface area contributed by atoms with Crippen LogP contribution in [-0.2, 0) is 26.0 Å². The number of piperidine rings is 1. The average Bonchev–Trinajstić information content (AvgIpc) is 2.67. The minimum Gasteiger partial charge on any atom is -0.497 e. The van der Waals surface area contributed by atoms with E-state index in [0.717, 1.165) is 37.0 Å². The van der Waals surface area contributed by atoms with Crippen molar-refractivity contribution < 1.29 is 22.7 Å². The molecule has 2 saturated heterocycles. The highest BCUT2D eigenvalue weighted by Gasteiger charge is 2.41. The number of sulfonamides is 1. The molecule has 3 rings (SSSR count). The Morgan fingerprint density at radius 3 is 2.57 bits per heavy atom. The SMILES string of the molecule is COc1ccc(CC(=O)N2CCC3(CC2)C[C@@H](CNS(C)(=O)=O)CCO3)cc1. The van der Waals surface area contributed by atoms with E-state index < -0.39 is 10.0 Å². The van der Waals surface area contributed by atoms with Gasteiger partial charge in [-0.25, -0.2) is 13.1 Å². The van der Waals surface area contributed by atoms with E-state index in [1.54, 1.807) is 7.11 Å². The van der Waals surface area contributed by atoms with Crippen molar-refractivity contribution in [3.05, 3.63) is 29.8 Å². The third-order valence-corrected chi connectivity index (χ3v) is 6.46. The Labute approximate surface area is 167 Å². The largest absolute Gasteiger partial charge is 0.497 e. The second-order valence-corrected chi connectivity index (χ2v) is 9.75. The fourth-order valence-electron chi connectivity index (χ4n) is 4.11. The molecule has 2 fully saturated rings. The van der Waals surface area contributed by atoms with Gasteiger partial charge in [0.05, 0.1) is 25.4 Å². The Balaban J connectivity index is 1.50. The highest BCUT2D eigenvalue weighted by molar-refractivity contribution is 7.88. The minimum atomic E-state index is -3.17. The van der Waals surface area contributed by atoms with E-state index in [-0.39, 0.29) is 17.4 Å². The molecule has 2 aliphatic heterocycles. The zero-order chi connectivity index (χ0) is 20.2. The first-order chi connectivity index (χ1) is 13.3. The van der Waals surface area contributed by atoms with Crippen LogP contribution >= 0.6 is 0 Å². The van der Waals surface area contributed by atoms with Gasteiger partial charge in [0.15, 0.2) is 0 Å². The Morgan fingerprint density at radius 2 is 1.96 bits per heavy atom. The number of nitrogens with one attached hydrogen (secondary N) is 1. The summed E-state index contributed by atoms with van der Waals surface area (Å²) in [5, 5.41) is 0. The Morgan fingerprint density at radius 1 is 1.29 bits per heavy atom. The third-order valence-electron chi connectivity index (χ3n) is 5.77. The summed E-state index contributed by atoms with van der Waals surface area (Å²) < 4.78 is 36.6. The van der Waals surface area contributed by atoms with Crippen LogP contribution in [0.4, 0.5) is 0 Å². The van der Waals surface area contributed by atoms with E-state index in [0.29, 0.717) is 32.7 Å². The lowest BCUT2D eigenvalue weighted by molar-refractivity contribution is -0.146. The lowest BCUT2D eigenvalue weighted by Gasteiger charge is -2.46. The lowest BCUT2D eigenvalue weighted by atomic mass is 9.79. The predicted molar refractivity (Wildman–Crippen MR) is 107 cm³/mol. The Bertz CT molecular complexity index is 770. The summed E-state index contributed by atoms with van der Waals surface area (Å²) in [4.78, 5) is 14.6. The first-order valence-corrected chi connectivity index (χ1v) is 11.7. The van der Waals surface area contributed by atoms with Crippen molar-refractivity contribution in [2.75, 3.05) is 39.6 Å². The molecule has 0 saturated carbocycles. The van der Waals surface area contributed by atoms with E-state index in [2.05, 4.69) is 4.72 Å². The van der Waals surface area contributed by atoms with Crippen molar-refractivity contribution in [1.29, 1.82) is 0 Å². The van der Waals surface area contributed by atoms with E-state index in [1.165, 1.54) is 6.26 Å². The normalized spacial score (nSPS) is 22.2. The summed E-state index contributed by atoms with van der Waals surface area (Å²) in [5.41, 5.74) is 0.755. The maximum atomic E-state index is 12.6. The molecule has 0 unspecified atom stereocenters. The molecule has 0 aromatic heterocycles. The van der Waals surface area contributed by atoms with Crippen molar-refractivity contribution in [2.45, 2.75) is 37.7 Å². The summed E-state index contributed by atoms with van der Waals surface area (Å²) in [5.74, 6) is 1.20.